The van der Waals surface area contributed by atoms with Gasteiger partial charge in [-0.25, -0.2) is 0 Å². The van der Waals surface area contributed by atoms with Crippen LogP contribution in [-0.2, 0) is 14.9 Å². The second-order valence-corrected chi connectivity index (χ2v) is 9.68. The van der Waals surface area contributed by atoms with Crippen molar-refractivity contribution in [1.29, 1.82) is 0 Å². The van der Waals surface area contributed by atoms with Gasteiger partial charge in [0.05, 0.1) is 39.5 Å². The predicted octanol–water partition coefficient (Wildman–Crippen LogP) is 4.32. The molecule has 168 valence electrons. The summed E-state index contributed by atoms with van der Waals surface area (Å²) < 4.78 is 30.1. The maximum Gasteiger partial charge on any atom is 0.168 e. The van der Waals surface area contributed by atoms with E-state index in [9.17, 15) is 5.11 Å². The van der Waals surface area contributed by atoms with Crippen LogP contribution in [0.1, 0.15) is 75.2 Å². The molecule has 2 aliphatic carbocycles. The van der Waals surface area contributed by atoms with Crippen molar-refractivity contribution >= 4 is 0 Å². The summed E-state index contributed by atoms with van der Waals surface area (Å²) in [7, 11) is 6.79. The number of ether oxygens (including phenoxy) is 5. The fraction of sp³-hybridized carbons (Fsp3) is 0.750. The van der Waals surface area contributed by atoms with Crippen molar-refractivity contribution in [2.45, 2.75) is 70.2 Å². The molecule has 1 heterocycles. The molecule has 2 bridgehead atoms. The van der Waals surface area contributed by atoms with E-state index < -0.39 is 11.7 Å². The Kier molecular flexibility index (Phi) is 5.48. The largest absolute Gasteiger partial charge is 0.496 e. The van der Waals surface area contributed by atoms with E-state index in [0.29, 0.717) is 18.1 Å². The lowest BCUT2D eigenvalue weighted by Gasteiger charge is -2.62. The number of benzene rings is 1. The van der Waals surface area contributed by atoms with E-state index in [1.54, 1.807) is 28.4 Å². The van der Waals surface area contributed by atoms with Crippen molar-refractivity contribution in [2.75, 3.05) is 35.0 Å². The first kappa shape index (κ1) is 21.7. The summed E-state index contributed by atoms with van der Waals surface area (Å²) in [6, 6.07) is 0. The Morgan fingerprint density at radius 2 is 1.67 bits per heavy atom. The summed E-state index contributed by atoms with van der Waals surface area (Å²) in [4.78, 5) is 0. The van der Waals surface area contributed by atoms with Gasteiger partial charge in [-0.1, -0.05) is 27.2 Å². The quantitative estimate of drug-likeness (QED) is 0.765. The lowest BCUT2D eigenvalue weighted by atomic mass is 9.47. The lowest BCUT2D eigenvalue weighted by Crippen LogP contribution is -2.63. The average molecular weight is 421 g/mol. The Balaban J connectivity index is 2.15. The zero-order valence-electron chi connectivity index (χ0n) is 19.3. The van der Waals surface area contributed by atoms with Gasteiger partial charge in [0, 0.05) is 23.8 Å². The highest BCUT2D eigenvalue weighted by molar-refractivity contribution is 5.68. The molecule has 1 saturated carbocycles. The first-order valence-electron chi connectivity index (χ1n) is 11.0. The molecule has 6 nitrogen and oxygen atoms in total. The Morgan fingerprint density at radius 1 is 1.00 bits per heavy atom. The third kappa shape index (κ3) is 2.66. The normalized spacial score (nSPS) is 34.9. The molecular formula is C24H36O6. The minimum Gasteiger partial charge on any atom is -0.496 e. The number of rotatable bonds is 5. The summed E-state index contributed by atoms with van der Waals surface area (Å²) in [6.07, 6.45) is 2.72. The highest BCUT2D eigenvalue weighted by atomic mass is 16.6. The van der Waals surface area contributed by atoms with Crippen LogP contribution in [-0.4, -0.2) is 46.4 Å². The SMILES string of the molecule is COc1c(OC)c2c(c(OC)c1C(C)C)[C@H](OC)C[C@H]1[C@]3(C)CCC[C@]21[C@H](O)OC3. The molecule has 1 saturated heterocycles. The molecule has 1 aliphatic heterocycles. The van der Waals surface area contributed by atoms with Gasteiger partial charge in [0.2, 0.25) is 0 Å². The van der Waals surface area contributed by atoms with Crippen molar-refractivity contribution < 1.29 is 28.8 Å². The van der Waals surface area contributed by atoms with Gasteiger partial charge < -0.3 is 28.8 Å². The van der Waals surface area contributed by atoms with E-state index in [1.165, 1.54) is 0 Å². The molecule has 0 spiro atoms. The van der Waals surface area contributed by atoms with Crippen LogP contribution in [0.5, 0.6) is 17.2 Å². The minimum atomic E-state index is -0.902. The summed E-state index contributed by atoms with van der Waals surface area (Å²) in [5, 5.41) is 11.4. The zero-order valence-corrected chi connectivity index (χ0v) is 19.3. The molecule has 1 N–H and O–H groups in total. The average Bonchev–Trinajstić information content (AvgIpc) is 2.74. The van der Waals surface area contributed by atoms with Crippen molar-refractivity contribution in [1.82, 2.24) is 0 Å². The molecule has 1 aromatic carbocycles. The van der Waals surface area contributed by atoms with Crippen LogP contribution in [0, 0.1) is 11.3 Å². The molecular weight excluding hydrogens is 384 g/mol. The van der Waals surface area contributed by atoms with Gasteiger partial charge in [-0.2, -0.15) is 0 Å². The molecule has 30 heavy (non-hydrogen) atoms. The van der Waals surface area contributed by atoms with Crippen LogP contribution < -0.4 is 14.2 Å². The number of aliphatic hydroxyl groups excluding tert-OH is 1. The third-order valence-electron chi connectivity index (χ3n) is 7.96. The zero-order chi connectivity index (χ0) is 21.8. The van der Waals surface area contributed by atoms with Crippen molar-refractivity contribution in [3.05, 3.63) is 16.7 Å². The van der Waals surface area contributed by atoms with Gasteiger partial charge in [-0.3, -0.25) is 0 Å². The molecule has 5 atom stereocenters. The first-order chi connectivity index (χ1) is 14.3. The highest BCUT2D eigenvalue weighted by Gasteiger charge is 2.64. The third-order valence-corrected chi connectivity index (χ3v) is 7.96. The van der Waals surface area contributed by atoms with E-state index >= 15 is 0 Å². The van der Waals surface area contributed by atoms with Gasteiger partial charge in [-0.05, 0) is 36.5 Å². The van der Waals surface area contributed by atoms with Crippen LogP contribution in [0.4, 0.5) is 0 Å². The molecule has 6 heteroatoms. The Morgan fingerprint density at radius 3 is 2.23 bits per heavy atom. The smallest absolute Gasteiger partial charge is 0.168 e. The second kappa shape index (κ2) is 7.57. The van der Waals surface area contributed by atoms with Crippen molar-refractivity contribution in [2.24, 2.45) is 11.3 Å². The van der Waals surface area contributed by atoms with Crippen molar-refractivity contribution in [3.8, 4) is 17.2 Å². The van der Waals surface area contributed by atoms with Crippen LogP contribution >= 0.6 is 0 Å². The second-order valence-electron chi connectivity index (χ2n) is 9.68. The molecule has 0 amide bonds. The molecule has 4 rings (SSSR count). The Hall–Kier alpha value is -1.50. The summed E-state index contributed by atoms with van der Waals surface area (Å²) in [6.45, 7) is 7.09. The minimum absolute atomic E-state index is 0.0197. The van der Waals surface area contributed by atoms with Crippen molar-refractivity contribution in [3.63, 3.8) is 0 Å². The van der Waals surface area contributed by atoms with Crippen LogP contribution in [0.2, 0.25) is 0 Å². The topological polar surface area (TPSA) is 66.4 Å². The van der Waals surface area contributed by atoms with Gasteiger partial charge in [0.25, 0.3) is 0 Å². The van der Waals surface area contributed by atoms with Crippen LogP contribution in [0.3, 0.4) is 0 Å². The van der Waals surface area contributed by atoms with Gasteiger partial charge in [0.15, 0.2) is 17.8 Å². The Bertz CT molecular complexity index is 821. The maximum absolute atomic E-state index is 11.4. The first-order valence-corrected chi connectivity index (χ1v) is 11.0. The lowest BCUT2D eigenvalue weighted by molar-refractivity contribution is -0.262. The molecule has 0 radical (unpaired) electrons. The summed E-state index contributed by atoms with van der Waals surface area (Å²) >= 11 is 0. The summed E-state index contributed by atoms with van der Waals surface area (Å²) in [5.41, 5.74) is 2.30. The summed E-state index contributed by atoms with van der Waals surface area (Å²) in [5.74, 6) is 2.51. The number of methoxy groups -OCH3 is 4. The maximum atomic E-state index is 11.4. The van der Waals surface area contributed by atoms with E-state index in [2.05, 4.69) is 20.8 Å². The molecule has 2 fully saturated rings. The number of fused-ring (bicyclic) bond motifs is 1. The molecule has 3 aliphatic rings. The number of aliphatic hydroxyl groups is 1. The monoisotopic (exact) mass is 420 g/mol. The van der Waals surface area contributed by atoms with E-state index in [1.807, 2.05) is 0 Å². The van der Waals surface area contributed by atoms with Gasteiger partial charge in [0.1, 0.15) is 5.75 Å². The predicted molar refractivity (Wildman–Crippen MR) is 114 cm³/mol. The molecule has 0 aromatic heterocycles. The van der Waals surface area contributed by atoms with Gasteiger partial charge in [-0.15, -0.1) is 0 Å². The van der Waals surface area contributed by atoms with E-state index in [4.69, 9.17) is 23.7 Å². The standard InChI is InChI=1S/C24H36O6/c1-13(2)16-19(27-5)17-14(26-4)11-15-23(3)9-8-10-24(15,22(25)30-12-23)18(17)21(29-7)20(16)28-6/h13-15,22,25H,8-12H2,1-7H3/t14-,15+,22-,23-,24-/m1/s1. The van der Waals surface area contributed by atoms with Gasteiger partial charge >= 0.3 is 0 Å². The number of hydrogen-bond donors (Lipinski definition) is 1. The number of hydrogen-bond acceptors (Lipinski definition) is 6. The van der Waals surface area contributed by atoms with Crippen LogP contribution in [0.25, 0.3) is 0 Å². The molecule has 1 aromatic rings. The molecule has 0 unspecified atom stereocenters. The fourth-order valence-corrected chi connectivity index (χ4v) is 6.74. The van der Waals surface area contributed by atoms with Crippen LogP contribution in [0.15, 0.2) is 0 Å². The van der Waals surface area contributed by atoms with E-state index in [0.717, 1.165) is 48.1 Å². The van der Waals surface area contributed by atoms with E-state index in [-0.39, 0.29) is 23.4 Å². The Labute approximate surface area is 179 Å². The highest BCUT2D eigenvalue weighted by Crippen LogP contribution is 2.68. The fourth-order valence-electron chi connectivity index (χ4n) is 6.74.